The van der Waals surface area contributed by atoms with Crippen molar-refractivity contribution >= 4 is 11.6 Å². The van der Waals surface area contributed by atoms with Crippen LogP contribution in [-0.2, 0) is 5.41 Å². The summed E-state index contributed by atoms with van der Waals surface area (Å²) < 4.78 is 0. The second kappa shape index (κ2) is 5.67. The maximum atomic E-state index is 9.57. The zero-order valence-corrected chi connectivity index (χ0v) is 10.5. The van der Waals surface area contributed by atoms with Gasteiger partial charge in [0.15, 0.2) is 0 Å². The molecule has 0 spiro atoms. The summed E-state index contributed by atoms with van der Waals surface area (Å²) in [6.07, 6.45) is 0.736. The van der Waals surface area contributed by atoms with E-state index in [0.717, 1.165) is 12.0 Å². The molecule has 1 rings (SSSR count). The lowest BCUT2D eigenvalue weighted by molar-refractivity contribution is 0.0990. The van der Waals surface area contributed by atoms with Gasteiger partial charge in [0.1, 0.15) is 0 Å². The number of hydrogen-bond donors (Lipinski definition) is 2. The van der Waals surface area contributed by atoms with Gasteiger partial charge in [-0.15, -0.1) is 0 Å². The summed E-state index contributed by atoms with van der Waals surface area (Å²) in [6, 6.07) is 7.36. The van der Waals surface area contributed by atoms with Gasteiger partial charge in [-0.3, -0.25) is 0 Å². The predicted octanol–water partition coefficient (Wildman–Crippen LogP) is 2.61. The second-order valence-corrected chi connectivity index (χ2v) is 5.14. The average molecular weight is 243 g/mol. The highest BCUT2D eigenvalue weighted by Crippen LogP contribution is 2.32. The highest BCUT2D eigenvalue weighted by molar-refractivity contribution is 6.30. The number of aliphatic hydroxyl groups is 2. The fraction of sp³-hybridized carbons (Fsp3) is 0.538. The minimum Gasteiger partial charge on any atom is -0.395 e. The zero-order chi connectivity index (χ0) is 12.2. The van der Waals surface area contributed by atoms with Crippen LogP contribution in [0.15, 0.2) is 24.3 Å². The van der Waals surface area contributed by atoms with Crippen molar-refractivity contribution in [1.82, 2.24) is 0 Å². The molecule has 2 nitrogen and oxygen atoms in total. The fourth-order valence-corrected chi connectivity index (χ4v) is 2.27. The van der Waals surface area contributed by atoms with Crippen molar-refractivity contribution in [3.05, 3.63) is 34.9 Å². The molecule has 1 aromatic carbocycles. The summed E-state index contributed by atoms with van der Waals surface area (Å²) >= 11 is 5.94. The predicted molar refractivity (Wildman–Crippen MR) is 66.8 cm³/mol. The van der Waals surface area contributed by atoms with Gasteiger partial charge in [-0.2, -0.15) is 0 Å². The first-order chi connectivity index (χ1) is 7.54. The largest absolute Gasteiger partial charge is 0.395 e. The van der Waals surface area contributed by atoms with E-state index in [1.807, 2.05) is 18.2 Å². The van der Waals surface area contributed by atoms with Crippen LogP contribution in [0.1, 0.15) is 25.8 Å². The Morgan fingerprint density at radius 2 is 1.88 bits per heavy atom. The molecule has 90 valence electrons. The van der Waals surface area contributed by atoms with Crippen molar-refractivity contribution in [2.24, 2.45) is 5.92 Å². The molecule has 2 N–H and O–H groups in total. The number of hydrogen-bond acceptors (Lipinski definition) is 2. The molecule has 0 unspecified atom stereocenters. The van der Waals surface area contributed by atoms with Crippen LogP contribution in [-0.4, -0.2) is 23.4 Å². The first-order valence-corrected chi connectivity index (χ1v) is 5.89. The highest BCUT2D eigenvalue weighted by atomic mass is 35.5. The molecule has 0 fully saturated rings. The molecule has 16 heavy (non-hydrogen) atoms. The standard InChI is InChI=1S/C13H19ClO2/c1-10(2)7-13(8-15,9-16)11-4-3-5-12(14)6-11/h3-6,10,15-16H,7-9H2,1-2H3. The van der Waals surface area contributed by atoms with Crippen LogP contribution < -0.4 is 0 Å². The molecule has 0 saturated heterocycles. The molecule has 3 heteroatoms. The molecular formula is C13H19ClO2. The van der Waals surface area contributed by atoms with Gasteiger partial charge < -0.3 is 10.2 Å². The van der Waals surface area contributed by atoms with E-state index in [1.54, 1.807) is 6.07 Å². The molecule has 0 aliphatic rings. The summed E-state index contributed by atoms with van der Waals surface area (Å²) in [4.78, 5) is 0. The monoisotopic (exact) mass is 242 g/mol. The lowest BCUT2D eigenvalue weighted by Gasteiger charge is -2.32. The quantitative estimate of drug-likeness (QED) is 0.833. The Morgan fingerprint density at radius 3 is 2.31 bits per heavy atom. The lowest BCUT2D eigenvalue weighted by atomic mass is 9.75. The van der Waals surface area contributed by atoms with Crippen LogP contribution in [0, 0.1) is 5.92 Å². The van der Waals surface area contributed by atoms with E-state index in [1.165, 1.54) is 0 Å². The number of benzene rings is 1. The molecule has 0 aliphatic carbocycles. The Balaban J connectivity index is 3.09. The van der Waals surface area contributed by atoms with Gasteiger partial charge in [0.25, 0.3) is 0 Å². The smallest absolute Gasteiger partial charge is 0.0550 e. The van der Waals surface area contributed by atoms with Gasteiger partial charge in [0, 0.05) is 10.4 Å². The van der Waals surface area contributed by atoms with Crippen molar-refractivity contribution in [2.45, 2.75) is 25.7 Å². The van der Waals surface area contributed by atoms with E-state index >= 15 is 0 Å². The molecular weight excluding hydrogens is 224 g/mol. The summed E-state index contributed by atoms with van der Waals surface area (Å²) in [5, 5.41) is 19.8. The number of rotatable bonds is 5. The van der Waals surface area contributed by atoms with Crippen LogP contribution in [0.4, 0.5) is 0 Å². The van der Waals surface area contributed by atoms with E-state index < -0.39 is 5.41 Å². The summed E-state index contributed by atoms with van der Waals surface area (Å²) in [5.41, 5.74) is 0.317. The minimum absolute atomic E-state index is 0.0674. The van der Waals surface area contributed by atoms with Gasteiger partial charge in [-0.25, -0.2) is 0 Å². The molecule has 0 aromatic heterocycles. The number of aliphatic hydroxyl groups excluding tert-OH is 2. The minimum atomic E-state index is -0.584. The second-order valence-electron chi connectivity index (χ2n) is 4.70. The SMILES string of the molecule is CC(C)CC(CO)(CO)c1cccc(Cl)c1. The van der Waals surface area contributed by atoms with Crippen molar-refractivity contribution in [2.75, 3.05) is 13.2 Å². The lowest BCUT2D eigenvalue weighted by Crippen LogP contribution is -2.36. The van der Waals surface area contributed by atoms with Crippen LogP contribution in [0.2, 0.25) is 5.02 Å². The van der Waals surface area contributed by atoms with Crippen LogP contribution in [0.3, 0.4) is 0 Å². The van der Waals surface area contributed by atoms with Crippen molar-refractivity contribution in [3.8, 4) is 0 Å². The molecule has 1 aromatic rings. The Labute approximate surface area is 102 Å². The van der Waals surface area contributed by atoms with Crippen LogP contribution in [0.25, 0.3) is 0 Å². The first kappa shape index (κ1) is 13.5. The molecule has 0 amide bonds. The van der Waals surface area contributed by atoms with Crippen LogP contribution in [0.5, 0.6) is 0 Å². The van der Waals surface area contributed by atoms with E-state index in [4.69, 9.17) is 11.6 Å². The van der Waals surface area contributed by atoms with Gasteiger partial charge in [-0.1, -0.05) is 37.6 Å². The molecule has 0 aliphatic heterocycles. The van der Waals surface area contributed by atoms with Crippen LogP contribution >= 0.6 is 11.6 Å². The average Bonchev–Trinajstić information content (AvgIpc) is 2.25. The van der Waals surface area contributed by atoms with Gasteiger partial charge in [0.2, 0.25) is 0 Å². The molecule has 0 saturated carbocycles. The Kier molecular flexibility index (Phi) is 4.78. The first-order valence-electron chi connectivity index (χ1n) is 5.52. The van der Waals surface area contributed by atoms with Gasteiger partial charge >= 0.3 is 0 Å². The van der Waals surface area contributed by atoms with Gasteiger partial charge in [0.05, 0.1) is 13.2 Å². The maximum Gasteiger partial charge on any atom is 0.0550 e. The third-order valence-corrected chi connectivity index (χ3v) is 3.08. The van der Waals surface area contributed by atoms with E-state index in [0.29, 0.717) is 10.9 Å². The van der Waals surface area contributed by atoms with E-state index in [2.05, 4.69) is 13.8 Å². The van der Waals surface area contributed by atoms with Crippen molar-refractivity contribution < 1.29 is 10.2 Å². The summed E-state index contributed by atoms with van der Waals surface area (Å²) in [6.45, 7) is 4.01. The topological polar surface area (TPSA) is 40.5 Å². The van der Waals surface area contributed by atoms with E-state index in [-0.39, 0.29) is 13.2 Å². The van der Waals surface area contributed by atoms with Crippen molar-refractivity contribution in [3.63, 3.8) is 0 Å². The molecule has 0 radical (unpaired) electrons. The molecule has 0 atom stereocenters. The normalized spacial score (nSPS) is 12.1. The Hall–Kier alpha value is -0.570. The maximum absolute atomic E-state index is 9.57. The third kappa shape index (κ3) is 2.97. The zero-order valence-electron chi connectivity index (χ0n) is 9.78. The summed E-state index contributed by atoms with van der Waals surface area (Å²) in [5.74, 6) is 0.401. The highest BCUT2D eigenvalue weighted by Gasteiger charge is 2.31. The van der Waals surface area contributed by atoms with Crippen molar-refractivity contribution in [1.29, 1.82) is 0 Å². The fourth-order valence-electron chi connectivity index (χ4n) is 2.08. The number of halogens is 1. The molecule has 0 heterocycles. The Morgan fingerprint density at radius 1 is 1.25 bits per heavy atom. The third-order valence-electron chi connectivity index (χ3n) is 2.84. The summed E-state index contributed by atoms with van der Waals surface area (Å²) in [7, 11) is 0. The molecule has 0 bridgehead atoms. The Bertz CT molecular complexity index is 332. The van der Waals surface area contributed by atoms with E-state index in [9.17, 15) is 10.2 Å². The van der Waals surface area contributed by atoms with Gasteiger partial charge in [-0.05, 0) is 30.0 Å².